The maximum atomic E-state index is 3.78. The van der Waals surface area contributed by atoms with Gasteiger partial charge in [0, 0.05) is 12.1 Å². The largest absolute Gasteiger partial charge is 0.312 e. The fourth-order valence-electron chi connectivity index (χ4n) is 3.74. The molecule has 1 saturated heterocycles. The Bertz CT molecular complexity index is 248. The third-order valence-corrected chi connectivity index (χ3v) is 5.17. The lowest BCUT2D eigenvalue weighted by molar-refractivity contribution is 0.314. The predicted octanol–water partition coefficient (Wildman–Crippen LogP) is 6.77. The normalized spacial score (nSPS) is 21.9. The molecule has 0 radical (unpaired) electrons. The summed E-state index contributed by atoms with van der Waals surface area (Å²) in [5.74, 6) is 0. The van der Waals surface area contributed by atoms with Crippen molar-refractivity contribution in [3.8, 4) is 0 Å². The summed E-state index contributed by atoms with van der Waals surface area (Å²) >= 11 is 0. The van der Waals surface area contributed by atoms with Crippen LogP contribution in [0.5, 0.6) is 0 Å². The number of rotatable bonds is 14. The van der Waals surface area contributed by atoms with E-state index in [0.29, 0.717) is 0 Å². The van der Waals surface area contributed by atoms with Crippen molar-refractivity contribution in [1.29, 1.82) is 0 Å². The Hall–Kier alpha value is -0.300. The fourth-order valence-corrected chi connectivity index (χ4v) is 3.74. The molecule has 0 amide bonds. The first kappa shape index (κ1) is 19.7. The second-order valence-corrected chi connectivity index (χ2v) is 7.45. The van der Waals surface area contributed by atoms with E-state index in [1.807, 2.05) is 6.08 Å². The molecule has 2 atom stereocenters. The van der Waals surface area contributed by atoms with Crippen molar-refractivity contribution in [3.05, 3.63) is 12.7 Å². The SMILES string of the molecule is C=CCCCCCCCCCCCCCC1CCCC(C)N1. The second kappa shape index (κ2) is 14.3. The van der Waals surface area contributed by atoms with Crippen molar-refractivity contribution < 1.29 is 0 Å². The molecule has 1 heteroatoms. The van der Waals surface area contributed by atoms with Gasteiger partial charge in [0.25, 0.3) is 0 Å². The van der Waals surface area contributed by atoms with Gasteiger partial charge in [-0.1, -0.05) is 76.7 Å². The van der Waals surface area contributed by atoms with E-state index in [0.717, 1.165) is 12.1 Å². The van der Waals surface area contributed by atoms with E-state index in [-0.39, 0.29) is 0 Å². The summed E-state index contributed by atoms with van der Waals surface area (Å²) in [5, 5.41) is 3.75. The van der Waals surface area contributed by atoms with Gasteiger partial charge < -0.3 is 5.32 Å². The molecule has 1 heterocycles. The molecule has 0 saturated carbocycles. The van der Waals surface area contributed by atoms with E-state index in [9.17, 15) is 0 Å². The Morgan fingerprint density at radius 3 is 1.91 bits per heavy atom. The minimum atomic E-state index is 0.760. The molecule has 1 aliphatic rings. The van der Waals surface area contributed by atoms with Crippen molar-refractivity contribution in [3.63, 3.8) is 0 Å². The summed E-state index contributed by atoms with van der Waals surface area (Å²) < 4.78 is 0. The molecular formula is C21H41N. The number of allylic oxidation sites excluding steroid dienone is 1. The highest BCUT2D eigenvalue weighted by Gasteiger charge is 2.16. The predicted molar refractivity (Wildman–Crippen MR) is 100 cm³/mol. The van der Waals surface area contributed by atoms with Crippen LogP contribution in [0.25, 0.3) is 0 Å². The Balaban J connectivity index is 1.74. The number of nitrogens with one attached hydrogen (secondary N) is 1. The zero-order valence-electron chi connectivity index (χ0n) is 15.3. The number of unbranched alkanes of at least 4 members (excludes halogenated alkanes) is 11. The molecule has 1 fully saturated rings. The maximum absolute atomic E-state index is 3.78. The highest BCUT2D eigenvalue weighted by Crippen LogP contribution is 2.18. The average molecular weight is 308 g/mol. The Kier molecular flexibility index (Phi) is 12.8. The fraction of sp³-hybridized carbons (Fsp3) is 0.905. The van der Waals surface area contributed by atoms with Gasteiger partial charge in [0.15, 0.2) is 0 Å². The monoisotopic (exact) mass is 307 g/mol. The van der Waals surface area contributed by atoms with Crippen LogP contribution in [0, 0.1) is 0 Å². The van der Waals surface area contributed by atoms with Crippen LogP contribution in [-0.4, -0.2) is 12.1 Å². The lowest BCUT2D eigenvalue weighted by atomic mass is 9.95. The molecule has 0 bridgehead atoms. The highest BCUT2D eigenvalue weighted by molar-refractivity contribution is 4.77. The molecule has 0 aliphatic carbocycles. The van der Waals surface area contributed by atoms with Crippen LogP contribution in [0.2, 0.25) is 0 Å². The van der Waals surface area contributed by atoms with Crippen LogP contribution in [0.1, 0.15) is 110 Å². The maximum Gasteiger partial charge on any atom is 0.00695 e. The molecular weight excluding hydrogens is 266 g/mol. The average Bonchev–Trinajstić information content (AvgIpc) is 2.52. The van der Waals surface area contributed by atoms with Gasteiger partial charge in [0.05, 0.1) is 0 Å². The zero-order valence-corrected chi connectivity index (χ0v) is 15.3. The summed E-state index contributed by atoms with van der Waals surface area (Å²) in [6.07, 6.45) is 24.7. The minimum Gasteiger partial charge on any atom is -0.312 e. The van der Waals surface area contributed by atoms with Crippen LogP contribution in [0.4, 0.5) is 0 Å². The topological polar surface area (TPSA) is 12.0 Å². The van der Waals surface area contributed by atoms with Gasteiger partial charge in [0.1, 0.15) is 0 Å². The van der Waals surface area contributed by atoms with Gasteiger partial charge >= 0.3 is 0 Å². The zero-order chi connectivity index (χ0) is 15.9. The standard InChI is InChI=1S/C21H41N/c1-3-4-5-6-7-8-9-10-11-12-13-14-15-18-21-19-16-17-20(2)22-21/h3,20-22H,1,4-19H2,2H3. The minimum absolute atomic E-state index is 0.760. The molecule has 0 aromatic heterocycles. The van der Waals surface area contributed by atoms with Gasteiger partial charge in [-0.15, -0.1) is 6.58 Å². The second-order valence-electron chi connectivity index (χ2n) is 7.45. The number of piperidine rings is 1. The number of hydrogen-bond donors (Lipinski definition) is 1. The summed E-state index contributed by atoms with van der Waals surface area (Å²) in [5.41, 5.74) is 0. The van der Waals surface area contributed by atoms with Gasteiger partial charge in [-0.3, -0.25) is 0 Å². The molecule has 1 rings (SSSR count). The Morgan fingerprint density at radius 2 is 1.36 bits per heavy atom. The first-order valence-corrected chi connectivity index (χ1v) is 10.2. The Labute approximate surface area is 140 Å². The summed E-state index contributed by atoms with van der Waals surface area (Å²) in [4.78, 5) is 0. The lowest BCUT2D eigenvalue weighted by Gasteiger charge is -2.28. The summed E-state index contributed by atoms with van der Waals surface area (Å²) in [7, 11) is 0. The van der Waals surface area contributed by atoms with Crippen molar-refractivity contribution >= 4 is 0 Å². The molecule has 2 unspecified atom stereocenters. The van der Waals surface area contributed by atoms with Gasteiger partial charge in [-0.05, 0) is 39.0 Å². The summed E-state index contributed by atoms with van der Waals surface area (Å²) in [6, 6.07) is 1.58. The van der Waals surface area contributed by atoms with Crippen LogP contribution in [-0.2, 0) is 0 Å². The Morgan fingerprint density at radius 1 is 0.818 bits per heavy atom. The van der Waals surface area contributed by atoms with E-state index in [2.05, 4.69) is 18.8 Å². The van der Waals surface area contributed by atoms with Gasteiger partial charge in [-0.2, -0.15) is 0 Å². The van der Waals surface area contributed by atoms with Crippen LogP contribution in [0.15, 0.2) is 12.7 Å². The molecule has 1 aliphatic heterocycles. The first-order valence-electron chi connectivity index (χ1n) is 10.2. The molecule has 0 spiro atoms. The van der Waals surface area contributed by atoms with E-state index < -0.39 is 0 Å². The third-order valence-electron chi connectivity index (χ3n) is 5.17. The van der Waals surface area contributed by atoms with Crippen molar-refractivity contribution in [2.45, 2.75) is 122 Å². The molecule has 0 aromatic carbocycles. The number of hydrogen-bond acceptors (Lipinski definition) is 1. The summed E-state index contributed by atoms with van der Waals surface area (Å²) in [6.45, 7) is 6.11. The van der Waals surface area contributed by atoms with Crippen LogP contribution >= 0.6 is 0 Å². The quantitative estimate of drug-likeness (QED) is 0.276. The van der Waals surface area contributed by atoms with E-state index >= 15 is 0 Å². The van der Waals surface area contributed by atoms with Gasteiger partial charge in [0.2, 0.25) is 0 Å². The molecule has 1 nitrogen and oxygen atoms in total. The first-order chi connectivity index (χ1) is 10.8. The molecule has 22 heavy (non-hydrogen) atoms. The van der Waals surface area contributed by atoms with Crippen molar-refractivity contribution in [2.24, 2.45) is 0 Å². The molecule has 0 aromatic rings. The van der Waals surface area contributed by atoms with E-state index in [4.69, 9.17) is 0 Å². The van der Waals surface area contributed by atoms with Crippen LogP contribution < -0.4 is 5.32 Å². The molecule has 1 N–H and O–H groups in total. The lowest BCUT2D eigenvalue weighted by Crippen LogP contribution is -2.40. The van der Waals surface area contributed by atoms with Crippen molar-refractivity contribution in [1.82, 2.24) is 5.32 Å². The molecule has 130 valence electrons. The van der Waals surface area contributed by atoms with Crippen molar-refractivity contribution in [2.75, 3.05) is 0 Å². The third kappa shape index (κ3) is 11.3. The van der Waals surface area contributed by atoms with E-state index in [1.54, 1.807) is 0 Å². The smallest absolute Gasteiger partial charge is 0.00695 e. The van der Waals surface area contributed by atoms with E-state index in [1.165, 1.54) is 103 Å². The van der Waals surface area contributed by atoms with Crippen LogP contribution in [0.3, 0.4) is 0 Å². The van der Waals surface area contributed by atoms with Gasteiger partial charge in [-0.25, -0.2) is 0 Å². The highest BCUT2D eigenvalue weighted by atomic mass is 15.0.